The highest BCUT2D eigenvalue weighted by atomic mass is 35.5. The van der Waals surface area contributed by atoms with E-state index in [0.29, 0.717) is 12.4 Å². The van der Waals surface area contributed by atoms with Crippen molar-refractivity contribution in [3.8, 4) is 0 Å². The summed E-state index contributed by atoms with van der Waals surface area (Å²) in [7, 11) is 0. The number of hydrogen-bond donors (Lipinski definition) is 0. The van der Waals surface area contributed by atoms with Crippen LogP contribution in [-0.2, 0) is 13.0 Å². The summed E-state index contributed by atoms with van der Waals surface area (Å²) < 4.78 is 1.68. The number of benzene rings is 1. The van der Waals surface area contributed by atoms with Gasteiger partial charge in [0.25, 0.3) is 5.56 Å². The maximum absolute atomic E-state index is 11.8. The maximum Gasteiger partial charge on any atom is 0.254 e. The lowest BCUT2D eigenvalue weighted by molar-refractivity contribution is 0.570. The molecule has 0 aliphatic carbocycles. The molecule has 0 spiro atoms. The Morgan fingerprint density at radius 2 is 1.95 bits per heavy atom. The number of nitrogens with zero attached hydrogens (tertiary/aromatic N) is 2. The third kappa shape index (κ3) is 3.93. The fraction of sp³-hybridized carbons (Fsp3) is 0.333. The van der Waals surface area contributed by atoms with Gasteiger partial charge in [0.15, 0.2) is 0 Å². The summed E-state index contributed by atoms with van der Waals surface area (Å²) >= 11 is 5.74. The number of halogens is 1. The SMILES string of the molecule is Cc1nc(Cl)cc(=O)n1CCCCc1ccccc1. The van der Waals surface area contributed by atoms with Gasteiger partial charge >= 0.3 is 0 Å². The molecule has 4 heteroatoms. The van der Waals surface area contributed by atoms with E-state index in [9.17, 15) is 4.79 Å². The smallest absolute Gasteiger partial charge is 0.254 e. The summed E-state index contributed by atoms with van der Waals surface area (Å²) in [4.78, 5) is 15.9. The standard InChI is InChI=1S/C15H17ClN2O/c1-12-17-14(16)11-15(19)18(12)10-6-5-9-13-7-3-2-4-8-13/h2-4,7-8,11H,5-6,9-10H2,1H3. The molecule has 0 bridgehead atoms. The molecule has 2 rings (SSSR count). The van der Waals surface area contributed by atoms with E-state index >= 15 is 0 Å². The minimum absolute atomic E-state index is 0.0720. The van der Waals surface area contributed by atoms with Gasteiger partial charge in [-0.25, -0.2) is 4.98 Å². The number of unbranched alkanes of at least 4 members (excludes halogenated alkanes) is 1. The number of aromatic nitrogens is 2. The first-order valence-electron chi connectivity index (χ1n) is 6.45. The van der Waals surface area contributed by atoms with Crippen LogP contribution < -0.4 is 5.56 Å². The predicted molar refractivity (Wildman–Crippen MR) is 77.6 cm³/mol. The van der Waals surface area contributed by atoms with E-state index in [1.54, 1.807) is 4.57 Å². The van der Waals surface area contributed by atoms with Crippen molar-refractivity contribution in [1.29, 1.82) is 0 Å². The van der Waals surface area contributed by atoms with Gasteiger partial charge in [-0.3, -0.25) is 9.36 Å². The van der Waals surface area contributed by atoms with E-state index in [2.05, 4.69) is 17.1 Å². The van der Waals surface area contributed by atoms with Crippen LogP contribution in [0.15, 0.2) is 41.2 Å². The van der Waals surface area contributed by atoms with Crippen molar-refractivity contribution in [3.63, 3.8) is 0 Å². The fourth-order valence-corrected chi connectivity index (χ4v) is 2.32. The monoisotopic (exact) mass is 276 g/mol. The molecule has 1 aromatic carbocycles. The molecule has 0 N–H and O–H groups in total. The Labute approximate surface area is 117 Å². The Kier molecular flexibility index (Phi) is 4.74. The number of rotatable bonds is 5. The van der Waals surface area contributed by atoms with Gasteiger partial charge in [-0.05, 0) is 31.7 Å². The molecule has 0 unspecified atom stereocenters. The van der Waals surface area contributed by atoms with Gasteiger partial charge in [0, 0.05) is 12.6 Å². The van der Waals surface area contributed by atoms with E-state index in [1.807, 2.05) is 25.1 Å². The lowest BCUT2D eigenvalue weighted by Crippen LogP contribution is -2.23. The third-order valence-corrected chi connectivity index (χ3v) is 3.30. The van der Waals surface area contributed by atoms with Gasteiger partial charge in [0.05, 0.1) is 0 Å². The molecule has 100 valence electrons. The van der Waals surface area contributed by atoms with Gasteiger partial charge in [-0.15, -0.1) is 0 Å². The van der Waals surface area contributed by atoms with Crippen LogP contribution in [0.4, 0.5) is 0 Å². The Hall–Kier alpha value is -1.61. The van der Waals surface area contributed by atoms with E-state index in [0.717, 1.165) is 19.3 Å². The molecule has 3 nitrogen and oxygen atoms in total. The molecular weight excluding hydrogens is 260 g/mol. The van der Waals surface area contributed by atoms with Crippen LogP contribution in [0.2, 0.25) is 5.15 Å². The maximum atomic E-state index is 11.8. The third-order valence-electron chi connectivity index (χ3n) is 3.11. The molecule has 1 heterocycles. The van der Waals surface area contributed by atoms with E-state index in [-0.39, 0.29) is 10.7 Å². The van der Waals surface area contributed by atoms with Crippen LogP contribution in [0.1, 0.15) is 24.2 Å². The Morgan fingerprint density at radius 3 is 2.63 bits per heavy atom. The fourth-order valence-electron chi connectivity index (χ4n) is 2.10. The highest BCUT2D eigenvalue weighted by Gasteiger charge is 2.03. The molecule has 0 radical (unpaired) electrons. The average molecular weight is 277 g/mol. The van der Waals surface area contributed by atoms with E-state index in [4.69, 9.17) is 11.6 Å². The first kappa shape index (κ1) is 13.8. The van der Waals surface area contributed by atoms with Gasteiger partial charge in [-0.2, -0.15) is 0 Å². The predicted octanol–water partition coefficient (Wildman–Crippen LogP) is 3.23. The van der Waals surface area contributed by atoms with Crippen molar-refractivity contribution in [2.45, 2.75) is 32.7 Å². The molecule has 2 aromatic rings. The van der Waals surface area contributed by atoms with Gasteiger partial charge in [0.1, 0.15) is 11.0 Å². The van der Waals surface area contributed by atoms with Crippen LogP contribution in [0.3, 0.4) is 0 Å². The molecule has 0 amide bonds. The Morgan fingerprint density at radius 1 is 1.21 bits per heavy atom. The van der Waals surface area contributed by atoms with E-state index < -0.39 is 0 Å². The summed E-state index contributed by atoms with van der Waals surface area (Å²) in [5.41, 5.74) is 1.26. The molecule has 0 atom stereocenters. The van der Waals surface area contributed by atoms with Crippen molar-refractivity contribution in [2.75, 3.05) is 0 Å². The second-order valence-electron chi connectivity index (χ2n) is 4.56. The van der Waals surface area contributed by atoms with Crippen molar-refractivity contribution >= 4 is 11.6 Å². The Balaban J connectivity index is 1.88. The summed E-state index contributed by atoms with van der Waals surface area (Å²) in [6, 6.07) is 11.7. The molecule has 0 aliphatic rings. The van der Waals surface area contributed by atoms with Crippen molar-refractivity contribution < 1.29 is 0 Å². The van der Waals surface area contributed by atoms with Crippen LogP contribution >= 0.6 is 11.6 Å². The average Bonchev–Trinajstić information content (AvgIpc) is 2.38. The van der Waals surface area contributed by atoms with Gasteiger partial charge in [0.2, 0.25) is 0 Å². The molecule has 0 saturated heterocycles. The first-order chi connectivity index (χ1) is 9.16. The highest BCUT2D eigenvalue weighted by Crippen LogP contribution is 2.06. The highest BCUT2D eigenvalue weighted by molar-refractivity contribution is 6.29. The lowest BCUT2D eigenvalue weighted by atomic mass is 10.1. The van der Waals surface area contributed by atoms with Crippen LogP contribution in [-0.4, -0.2) is 9.55 Å². The molecule has 0 aliphatic heterocycles. The number of hydrogen-bond acceptors (Lipinski definition) is 2. The molecule has 1 aromatic heterocycles. The topological polar surface area (TPSA) is 34.9 Å². The zero-order chi connectivity index (χ0) is 13.7. The Bertz CT molecular complexity index is 593. The van der Waals surface area contributed by atoms with Crippen LogP contribution in [0.25, 0.3) is 0 Å². The normalized spacial score (nSPS) is 10.6. The summed E-state index contributed by atoms with van der Waals surface area (Å²) in [6.07, 6.45) is 3.05. The van der Waals surface area contributed by atoms with Crippen molar-refractivity contribution in [2.24, 2.45) is 0 Å². The largest absolute Gasteiger partial charge is 0.297 e. The van der Waals surface area contributed by atoms with Crippen LogP contribution in [0, 0.1) is 6.92 Å². The summed E-state index contributed by atoms with van der Waals surface area (Å²) in [5.74, 6) is 0.678. The molecule has 19 heavy (non-hydrogen) atoms. The zero-order valence-corrected chi connectivity index (χ0v) is 11.7. The summed E-state index contributed by atoms with van der Waals surface area (Å²) in [6.45, 7) is 2.51. The molecule has 0 fully saturated rings. The van der Waals surface area contributed by atoms with Gasteiger partial charge < -0.3 is 0 Å². The second-order valence-corrected chi connectivity index (χ2v) is 4.95. The first-order valence-corrected chi connectivity index (χ1v) is 6.82. The zero-order valence-electron chi connectivity index (χ0n) is 11.0. The van der Waals surface area contributed by atoms with E-state index in [1.165, 1.54) is 11.6 Å². The molecular formula is C15H17ClN2O. The minimum atomic E-state index is -0.0720. The summed E-state index contributed by atoms with van der Waals surface area (Å²) in [5, 5.41) is 0.267. The van der Waals surface area contributed by atoms with Crippen molar-refractivity contribution in [1.82, 2.24) is 9.55 Å². The van der Waals surface area contributed by atoms with Crippen LogP contribution in [0.5, 0.6) is 0 Å². The second kappa shape index (κ2) is 6.53. The quantitative estimate of drug-likeness (QED) is 0.621. The van der Waals surface area contributed by atoms with Gasteiger partial charge in [-0.1, -0.05) is 41.9 Å². The molecule has 0 saturated carbocycles. The lowest BCUT2D eigenvalue weighted by Gasteiger charge is -2.08. The minimum Gasteiger partial charge on any atom is -0.297 e. The van der Waals surface area contributed by atoms with Crippen molar-refractivity contribution in [3.05, 3.63) is 63.3 Å². The number of aryl methyl sites for hydroxylation is 2.